The van der Waals surface area contributed by atoms with Gasteiger partial charge in [-0.2, -0.15) is 0 Å². The van der Waals surface area contributed by atoms with Crippen molar-refractivity contribution in [3.63, 3.8) is 0 Å². The fraction of sp³-hybridized carbons (Fsp3) is 0.533. The van der Waals surface area contributed by atoms with E-state index >= 15 is 0 Å². The molecule has 3 nitrogen and oxygen atoms in total. The maximum Gasteiger partial charge on any atom is 0.232 e. The van der Waals surface area contributed by atoms with Gasteiger partial charge in [-0.05, 0) is 26.3 Å². The topological polar surface area (TPSA) is 38.3 Å². The molecule has 0 radical (unpaired) electrons. The van der Waals surface area contributed by atoms with Crippen LogP contribution in [0.3, 0.4) is 0 Å². The second-order valence-electron chi connectivity index (χ2n) is 4.28. The highest BCUT2D eigenvalue weighted by atomic mass is 32.2. The second kappa shape index (κ2) is 8.86. The molecule has 0 aliphatic carbocycles. The number of para-hydroxylation sites is 1. The van der Waals surface area contributed by atoms with Crippen LogP contribution in [0.1, 0.15) is 32.8 Å². The van der Waals surface area contributed by atoms with Crippen LogP contribution in [-0.4, -0.2) is 24.3 Å². The minimum atomic E-state index is -0.0405. The van der Waals surface area contributed by atoms with Crippen molar-refractivity contribution in [3.05, 3.63) is 29.8 Å². The maximum atomic E-state index is 11.8. The Hall–Kier alpha value is -1.16. The van der Waals surface area contributed by atoms with Gasteiger partial charge in [0.05, 0.1) is 11.9 Å². The molecule has 0 saturated heterocycles. The van der Waals surface area contributed by atoms with E-state index < -0.39 is 0 Å². The molecule has 1 N–H and O–H groups in total. The lowest BCUT2D eigenvalue weighted by molar-refractivity contribution is -0.120. The fourth-order valence-corrected chi connectivity index (χ4v) is 2.50. The average molecular weight is 281 g/mol. The minimum Gasteiger partial charge on any atom is -0.494 e. The van der Waals surface area contributed by atoms with E-state index in [1.807, 2.05) is 32.0 Å². The smallest absolute Gasteiger partial charge is 0.232 e. The summed E-state index contributed by atoms with van der Waals surface area (Å²) < 4.78 is 5.58. The van der Waals surface area contributed by atoms with Gasteiger partial charge in [0, 0.05) is 17.9 Å². The van der Waals surface area contributed by atoms with Crippen molar-refractivity contribution >= 4 is 17.7 Å². The van der Waals surface area contributed by atoms with Gasteiger partial charge in [-0.1, -0.05) is 25.1 Å². The summed E-state index contributed by atoms with van der Waals surface area (Å²) in [6.07, 6.45) is 0.969. The number of hydrogen-bond acceptors (Lipinski definition) is 3. The van der Waals surface area contributed by atoms with Crippen LogP contribution in [0.4, 0.5) is 0 Å². The van der Waals surface area contributed by atoms with E-state index in [0.717, 1.165) is 30.0 Å². The molecule has 1 unspecified atom stereocenters. The van der Waals surface area contributed by atoms with Crippen LogP contribution in [-0.2, 0) is 10.5 Å². The molecule has 0 spiro atoms. The molecule has 0 saturated carbocycles. The fourth-order valence-electron chi connectivity index (χ4n) is 1.60. The van der Waals surface area contributed by atoms with Crippen molar-refractivity contribution in [2.75, 3.05) is 13.2 Å². The summed E-state index contributed by atoms with van der Waals surface area (Å²) >= 11 is 1.64. The summed E-state index contributed by atoms with van der Waals surface area (Å²) in [5.74, 6) is 1.82. The molecule has 1 rings (SSSR count). The first kappa shape index (κ1) is 15.9. The van der Waals surface area contributed by atoms with Crippen LogP contribution in [0.2, 0.25) is 0 Å². The molecule has 1 atom stereocenters. The van der Waals surface area contributed by atoms with E-state index in [-0.39, 0.29) is 11.2 Å². The molecule has 19 heavy (non-hydrogen) atoms. The predicted molar refractivity (Wildman–Crippen MR) is 81.7 cm³/mol. The first-order valence-electron chi connectivity index (χ1n) is 6.79. The van der Waals surface area contributed by atoms with Gasteiger partial charge in [0.2, 0.25) is 5.91 Å². The molecule has 0 aliphatic rings. The molecule has 0 aromatic heterocycles. The molecule has 0 heterocycles. The number of hydrogen-bond donors (Lipinski definition) is 1. The van der Waals surface area contributed by atoms with Crippen LogP contribution in [0.25, 0.3) is 0 Å². The number of benzene rings is 1. The molecule has 1 aromatic rings. The zero-order valence-corrected chi connectivity index (χ0v) is 12.8. The Kier molecular flexibility index (Phi) is 7.41. The minimum absolute atomic E-state index is 0.0405. The normalized spacial score (nSPS) is 11.9. The number of nitrogens with one attached hydrogen (secondary N) is 1. The van der Waals surface area contributed by atoms with Gasteiger partial charge in [0.25, 0.3) is 0 Å². The third kappa shape index (κ3) is 5.55. The van der Waals surface area contributed by atoms with Crippen molar-refractivity contribution < 1.29 is 9.53 Å². The van der Waals surface area contributed by atoms with Gasteiger partial charge in [-0.25, -0.2) is 0 Å². The summed E-state index contributed by atoms with van der Waals surface area (Å²) in [7, 11) is 0. The van der Waals surface area contributed by atoms with Crippen molar-refractivity contribution in [2.45, 2.75) is 38.2 Å². The summed E-state index contributed by atoms with van der Waals surface area (Å²) in [5, 5.41) is 2.88. The quantitative estimate of drug-likeness (QED) is 0.795. The van der Waals surface area contributed by atoms with Crippen molar-refractivity contribution in [2.24, 2.45) is 0 Å². The third-order valence-corrected chi connectivity index (χ3v) is 3.87. The van der Waals surface area contributed by atoms with Gasteiger partial charge in [-0.3, -0.25) is 4.79 Å². The van der Waals surface area contributed by atoms with Crippen molar-refractivity contribution in [1.82, 2.24) is 5.32 Å². The largest absolute Gasteiger partial charge is 0.494 e. The number of carbonyl (C=O) groups excluding carboxylic acids is 1. The highest BCUT2D eigenvalue weighted by molar-refractivity contribution is 7.99. The lowest BCUT2D eigenvalue weighted by Gasteiger charge is -2.13. The molecule has 0 aliphatic heterocycles. The highest BCUT2D eigenvalue weighted by Crippen LogP contribution is 2.25. The lowest BCUT2D eigenvalue weighted by atomic mass is 10.2. The first-order valence-corrected chi connectivity index (χ1v) is 7.83. The van der Waals surface area contributed by atoms with E-state index in [1.165, 1.54) is 0 Å². The molecular formula is C15H23NO2S. The van der Waals surface area contributed by atoms with Crippen LogP contribution < -0.4 is 10.1 Å². The van der Waals surface area contributed by atoms with Crippen LogP contribution in [0, 0.1) is 0 Å². The second-order valence-corrected chi connectivity index (χ2v) is 5.61. The van der Waals surface area contributed by atoms with Crippen molar-refractivity contribution in [1.29, 1.82) is 0 Å². The molecule has 106 valence electrons. The maximum absolute atomic E-state index is 11.8. The Morgan fingerprint density at radius 3 is 2.79 bits per heavy atom. The van der Waals surface area contributed by atoms with Crippen LogP contribution in [0.15, 0.2) is 24.3 Å². The Bertz CT molecular complexity index is 395. The molecule has 1 aromatic carbocycles. The van der Waals surface area contributed by atoms with E-state index in [9.17, 15) is 4.79 Å². The van der Waals surface area contributed by atoms with E-state index in [1.54, 1.807) is 11.8 Å². The molecule has 1 amide bonds. The van der Waals surface area contributed by atoms with Gasteiger partial charge in [0.1, 0.15) is 5.75 Å². The van der Waals surface area contributed by atoms with E-state index in [4.69, 9.17) is 4.74 Å². The zero-order valence-electron chi connectivity index (χ0n) is 11.9. The number of thioether (sulfide) groups is 1. The highest BCUT2D eigenvalue weighted by Gasteiger charge is 2.13. The SMILES string of the molecule is CCCNC(=O)C(C)SCc1ccccc1OCC. The van der Waals surface area contributed by atoms with Crippen LogP contribution in [0.5, 0.6) is 5.75 Å². The first-order chi connectivity index (χ1) is 9.19. The Labute approximate surface area is 120 Å². The Morgan fingerprint density at radius 1 is 1.37 bits per heavy atom. The van der Waals surface area contributed by atoms with Gasteiger partial charge < -0.3 is 10.1 Å². The monoisotopic (exact) mass is 281 g/mol. The van der Waals surface area contributed by atoms with Crippen molar-refractivity contribution in [3.8, 4) is 5.75 Å². The van der Waals surface area contributed by atoms with E-state index in [0.29, 0.717) is 6.61 Å². The van der Waals surface area contributed by atoms with E-state index in [2.05, 4.69) is 18.3 Å². The third-order valence-electron chi connectivity index (χ3n) is 2.68. The Morgan fingerprint density at radius 2 is 2.11 bits per heavy atom. The zero-order chi connectivity index (χ0) is 14.1. The summed E-state index contributed by atoms with van der Waals surface area (Å²) in [6.45, 7) is 7.38. The summed E-state index contributed by atoms with van der Waals surface area (Å²) in [4.78, 5) is 11.8. The standard InChI is InChI=1S/C15H23NO2S/c1-4-10-16-15(17)12(3)19-11-13-8-6-7-9-14(13)18-5-2/h6-9,12H,4-5,10-11H2,1-3H3,(H,16,17). The number of ether oxygens (including phenoxy) is 1. The average Bonchev–Trinajstić information content (AvgIpc) is 2.43. The lowest BCUT2D eigenvalue weighted by Crippen LogP contribution is -2.31. The molecule has 0 bridgehead atoms. The summed E-state index contributed by atoms with van der Waals surface area (Å²) in [6, 6.07) is 7.99. The van der Waals surface area contributed by atoms with Gasteiger partial charge >= 0.3 is 0 Å². The number of amides is 1. The number of carbonyl (C=O) groups is 1. The number of rotatable bonds is 8. The van der Waals surface area contributed by atoms with Crippen LogP contribution >= 0.6 is 11.8 Å². The Balaban J connectivity index is 2.49. The molecule has 0 fully saturated rings. The molecule has 4 heteroatoms. The van der Waals surface area contributed by atoms with Gasteiger partial charge in [0.15, 0.2) is 0 Å². The molecular weight excluding hydrogens is 258 g/mol. The predicted octanol–water partition coefficient (Wildman–Crippen LogP) is 3.23. The van der Waals surface area contributed by atoms with Gasteiger partial charge in [-0.15, -0.1) is 11.8 Å². The summed E-state index contributed by atoms with van der Waals surface area (Å²) in [5.41, 5.74) is 1.14.